The second-order valence-corrected chi connectivity index (χ2v) is 6.37. The Balaban J connectivity index is 2.30. The maximum Gasteiger partial charge on any atom is 0.262 e. The quantitative estimate of drug-likeness (QED) is 0.646. The number of sulfonamides is 1. The Kier molecular flexibility index (Phi) is 4.15. The summed E-state index contributed by atoms with van der Waals surface area (Å²) in [6.45, 7) is 0. The van der Waals surface area contributed by atoms with E-state index in [4.69, 9.17) is 10.5 Å². The molecule has 0 fully saturated rings. The zero-order chi connectivity index (χ0) is 14.8. The van der Waals surface area contributed by atoms with E-state index in [9.17, 15) is 8.42 Å². The van der Waals surface area contributed by atoms with E-state index in [0.717, 1.165) is 0 Å². The van der Waals surface area contributed by atoms with Crippen LogP contribution in [0.25, 0.3) is 0 Å². The van der Waals surface area contributed by atoms with Crippen molar-refractivity contribution in [3.05, 3.63) is 41.1 Å². The van der Waals surface area contributed by atoms with Crippen LogP contribution in [0.2, 0.25) is 0 Å². The summed E-state index contributed by atoms with van der Waals surface area (Å²) in [7, 11) is -2.25. The third kappa shape index (κ3) is 3.20. The summed E-state index contributed by atoms with van der Waals surface area (Å²) in [6, 6.07) is 7.50. The minimum atomic E-state index is -3.71. The van der Waals surface area contributed by atoms with Gasteiger partial charge in [0, 0.05) is 0 Å². The van der Waals surface area contributed by atoms with Gasteiger partial charge < -0.3 is 10.5 Å². The van der Waals surface area contributed by atoms with Gasteiger partial charge in [0.2, 0.25) is 0 Å². The van der Waals surface area contributed by atoms with E-state index in [2.05, 4.69) is 25.6 Å². The number of methoxy groups -OCH3 is 1. The number of nitrogens with two attached hydrogens (primary N) is 1. The first-order valence-corrected chi connectivity index (χ1v) is 7.78. The molecule has 106 valence electrons. The molecule has 0 aliphatic rings. The summed E-state index contributed by atoms with van der Waals surface area (Å²) in [5, 5.41) is 0. The van der Waals surface area contributed by atoms with Crippen molar-refractivity contribution in [3.63, 3.8) is 0 Å². The van der Waals surface area contributed by atoms with Gasteiger partial charge in [-0.15, -0.1) is 0 Å². The van der Waals surface area contributed by atoms with Crippen molar-refractivity contribution in [2.75, 3.05) is 17.6 Å². The van der Waals surface area contributed by atoms with Crippen LogP contribution in [-0.2, 0) is 10.0 Å². The molecule has 0 saturated carbocycles. The fourth-order valence-corrected chi connectivity index (χ4v) is 2.84. The molecule has 0 radical (unpaired) electrons. The summed E-state index contributed by atoms with van der Waals surface area (Å²) in [6.07, 6.45) is 1.41. The molecule has 20 heavy (non-hydrogen) atoms. The van der Waals surface area contributed by atoms with Crippen LogP contribution in [0, 0.1) is 0 Å². The SMILES string of the molecule is COc1ccc(S(=O)(=O)Nc2ccc(Br)nc2)cc1N. The second-order valence-electron chi connectivity index (χ2n) is 3.88. The summed E-state index contributed by atoms with van der Waals surface area (Å²) in [4.78, 5) is 4.00. The summed E-state index contributed by atoms with van der Waals surface area (Å²) >= 11 is 3.18. The third-order valence-electron chi connectivity index (χ3n) is 2.49. The number of benzene rings is 1. The molecule has 2 aromatic rings. The Morgan fingerprint density at radius 2 is 2.05 bits per heavy atom. The average molecular weight is 358 g/mol. The van der Waals surface area contributed by atoms with Gasteiger partial charge in [-0.3, -0.25) is 4.72 Å². The average Bonchev–Trinajstić information content (AvgIpc) is 2.41. The number of nitrogens with zero attached hydrogens (tertiary/aromatic N) is 1. The molecule has 1 aromatic heterocycles. The lowest BCUT2D eigenvalue weighted by Gasteiger charge is -2.10. The molecule has 0 bridgehead atoms. The standard InChI is InChI=1S/C12H12BrN3O3S/c1-19-11-4-3-9(6-10(11)14)20(17,18)16-8-2-5-12(13)15-7-8/h2-7,16H,14H2,1H3. The van der Waals surface area contributed by atoms with Crippen molar-refractivity contribution in [2.45, 2.75) is 4.90 Å². The molecule has 8 heteroatoms. The van der Waals surface area contributed by atoms with Crippen LogP contribution in [0.15, 0.2) is 46.0 Å². The smallest absolute Gasteiger partial charge is 0.262 e. The predicted molar refractivity (Wildman–Crippen MR) is 80.2 cm³/mol. The summed E-state index contributed by atoms with van der Waals surface area (Å²) < 4.78 is 32.4. The fraction of sp³-hybridized carbons (Fsp3) is 0.0833. The molecule has 0 atom stereocenters. The molecule has 0 amide bonds. The molecule has 2 rings (SSSR count). The van der Waals surface area contributed by atoms with Crippen LogP contribution in [0.5, 0.6) is 5.75 Å². The first-order chi connectivity index (χ1) is 9.42. The largest absolute Gasteiger partial charge is 0.495 e. The van der Waals surface area contributed by atoms with Crippen molar-refractivity contribution < 1.29 is 13.2 Å². The first kappa shape index (κ1) is 14.6. The van der Waals surface area contributed by atoms with Crippen LogP contribution >= 0.6 is 15.9 Å². The van der Waals surface area contributed by atoms with E-state index in [-0.39, 0.29) is 10.6 Å². The molecule has 0 aliphatic heterocycles. The molecule has 0 aliphatic carbocycles. The van der Waals surface area contributed by atoms with Gasteiger partial charge >= 0.3 is 0 Å². The zero-order valence-electron chi connectivity index (χ0n) is 10.5. The first-order valence-electron chi connectivity index (χ1n) is 5.50. The highest BCUT2D eigenvalue weighted by Crippen LogP contribution is 2.25. The minimum Gasteiger partial charge on any atom is -0.495 e. The van der Waals surface area contributed by atoms with Crippen molar-refractivity contribution in [1.82, 2.24) is 4.98 Å². The van der Waals surface area contributed by atoms with E-state index in [1.807, 2.05) is 0 Å². The van der Waals surface area contributed by atoms with Crippen molar-refractivity contribution in [1.29, 1.82) is 0 Å². The van der Waals surface area contributed by atoms with Crippen LogP contribution in [-0.4, -0.2) is 20.5 Å². The molecule has 6 nitrogen and oxygen atoms in total. The molecule has 1 heterocycles. The fourth-order valence-electron chi connectivity index (χ4n) is 1.53. The second kappa shape index (κ2) is 5.68. The Bertz CT molecular complexity index is 717. The molecule has 3 N–H and O–H groups in total. The summed E-state index contributed by atoms with van der Waals surface area (Å²) in [5.74, 6) is 0.425. The number of rotatable bonds is 4. The maximum atomic E-state index is 12.2. The molecule has 0 saturated heterocycles. The highest BCUT2D eigenvalue weighted by atomic mass is 79.9. The summed E-state index contributed by atoms with van der Waals surface area (Å²) in [5.41, 5.74) is 6.32. The maximum absolute atomic E-state index is 12.2. The lowest BCUT2D eigenvalue weighted by atomic mass is 10.3. The van der Waals surface area contributed by atoms with Gasteiger partial charge in [0.15, 0.2) is 0 Å². The van der Waals surface area contributed by atoms with Gasteiger partial charge in [0.1, 0.15) is 10.4 Å². The zero-order valence-corrected chi connectivity index (χ0v) is 12.9. The Hall–Kier alpha value is -1.80. The van der Waals surface area contributed by atoms with Gasteiger partial charge in [-0.25, -0.2) is 13.4 Å². The van der Waals surface area contributed by atoms with Gasteiger partial charge in [-0.05, 0) is 46.3 Å². The van der Waals surface area contributed by atoms with Gasteiger partial charge in [-0.2, -0.15) is 0 Å². The highest BCUT2D eigenvalue weighted by Gasteiger charge is 2.16. The van der Waals surface area contributed by atoms with Crippen molar-refractivity contribution in [3.8, 4) is 5.75 Å². The lowest BCUT2D eigenvalue weighted by molar-refractivity contribution is 0.416. The third-order valence-corrected chi connectivity index (χ3v) is 4.34. The van der Waals surface area contributed by atoms with E-state index >= 15 is 0 Å². The van der Waals surface area contributed by atoms with Crippen LogP contribution in [0.4, 0.5) is 11.4 Å². The van der Waals surface area contributed by atoms with Gasteiger partial charge in [0.05, 0.1) is 29.6 Å². The lowest BCUT2D eigenvalue weighted by Crippen LogP contribution is -2.13. The highest BCUT2D eigenvalue weighted by molar-refractivity contribution is 9.10. The minimum absolute atomic E-state index is 0.0544. The number of nitrogens with one attached hydrogen (secondary N) is 1. The van der Waals surface area contributed by atoms with Crippen LogP contribution in [0.3, 0.4) is 0 Å². The number of nitrogen functional groups attached to an aromatic ring is 1. The number of halogens is 1. The monoisotopic (exact) mass is 357 g/mol. The topological polar surface area (TPSA) is 94.3 Å². The molecule has 0 unspecified atom stereocenters. The molecule has 0 spiro atoms. The van der Waals surface area contributed by atoms with E-state index in [1.54, 1.807) is 12.1 Å². The van der Waals surface area contributed by atoms with E-state index < -0.39 is 10.0 Å². The number of pyridine rings is 1. The normalized spacial score (nSPS) is 11.1. The van der Waals surface area contributed by atoms with Crippen LogP contribution < -0.4 is 15.2 Å². The van der Waals surface area contributed by atoms with Crippen molar-refractivity contribution >= 4 is 37.3 Å². The number of anilines is 2. The molecule has 1 aromatic carbocycles. The number of ether oxygens (including phenoxy) is 1. The van der Waals surface area contributed by atoms with Gasteiger partial charge in [-0.1, -0.05) is 0 Å². The Morgan fingerprint density at radius 3 is 2.60 bits per heavy atom. The Labute approximate surface area is 125 Å². The van der Waals surface area contributed by atoms with E-state index in [1.165, 1.54) is 31.5 Å². The number of hydrogen-bond acceptors (Lipinski definition) is 5. The molecular formula is C12H12BrN3O3S. The van der Waals surface area contributed by atoms with Gasteiger partial charge in [0.25, 0.3) is 10.0 Å². The number of hydrogen-bond donors (Lipinski definition) is 2. The number of aromatic nitrogens is 1. The van der Waals surface area contributed by atoms with E-state index in [0.29, 0.717) is 16.0 Å². The van der Waals surface area contributed by atoms with Crippen LogP contribution in [0.1, 0.15) is 0 Å². The van der Waals surface area contributed by atoms with Crippen molar-refractivity contribution in [2.24, 2.45) is 0 Å². The predicted octanol–water partition coefficient (Wildman–Crippen LogP) is 2.24. The Morgan fingerprint density at radius 1 is 1.30 bits per heavy atom. The molecular weight excluding hydrogens is 346 g/mol.